The molecule has 0 radical (unpaired) electrons. The average Bonchev–Trinajstić information content (AvgIpc) is 2.90. The predicted octanol–water partition coefficient (Wildman–Crippen LogP) is 12.6. The molecular weight excluding hydrogens is 641 g/mol. The van der Waals surface area contributed by atoms with E-state index in [-0.39, 0.29) is 15.1 Å². The molecule has 0 atom stereocenters. The lowest BCUT2D eigenvalue weighted by molar-refractivity contribution is 0.487. The van der Waals surface area contributed by atoms with E-state index in [1.54, 1.807) is 0 Å². The minimum absolute atomic E-state index is 0.126. The lowest BCUT2D eigenvalue weighted by Gasteiger charge is -2.39. The Labute approximate surface area is 293 Å². The monoisotopic (exact) mass is 706 g/mol. The van der Waals surface area contributed by atoms with Gasteiger partial charge in [-0.3, -0.25) is 0 Å². The summed E-state index contributed by atoms with van der Waals surface area (Å²) in [6.07, 6.45) is 0. The van der Waals surface area contributed by atoms with E-state index in [2.05, 4.69) is 181 Å². The van der Waals surface area contributed by atoms with E-state index in [4.69, 9.17) is 13.3 Å². The van der Waals surface area contributed by atoms with Crippen LogP contribution in [-0.4, -0.2) is 33.0 Å². The Morgan fingerprint density at radius 3 is 0.809 bits per heavy atom. The molecule has 0 saturated carbocycles. The van der Waals surface area contributed by atoms with Crippen LogP contribution in [-0.2, 0) is 18.1 Å². The first-order valence-corrected chi connectivity index (χ1v) is 29.4. The first kappa shape index (κ1) is 39.4. The number of para-hydroxylation sites is 3. The van der Waals surface area contributed by atoms with Gasteiger partial charge in [0.25, 0.3) is 0 Å². The fourth-order valence-corrected chi connectivity index (χ4v) is 12.3. The van der Waals surface area contributed by atoms with Gasteiger partial charge in [-0.2, -0.15) is 0 Å². The molecule has 0 spiro atoms. The quantitative estimate of drug-likeness (QED) is 0.175. The number of hydrogen-bond acceptors (Lipinski definition) is 3. The molecule has 3 nitrogen and oxygen atoms in total. The molecule has 0 aliphatic heterocycles. The van der Waals surface area contributed by atoms with E-state index in [9.17, 15) is 0 Å². The minimum Gasteiger partial charge on any atom is -0.543 e. The minimum atomic E-state index is -2.12. The second-order valence-electron chi connectivity index (χ2n) is 18.8. The Kier molecular flexibility index (Phi) is 11.8. The maximum atomic E-state index is 7.02. The Bertz CT molecular complexity index is 1310. The highest BCUT2D eigenvalue weighted by Crippen LogP contribution is 2.42. The highest BCUT2D eigenvalue weighted by molar-refractivity contribution is 6.78. The molecule has 260 valence electrons. The highest BCUT2D eigenvalue weighted by Gasteiger charge is 2.42. The zero-order valence-corrected chi connectivity index (χ0v) is 36.8. The van der Waals surface area contributed by atoms with Gasteiger partial charge in [0.05, 0.1) is 8.07 Å². The molecule has 0 fully saturated rings. The zero-order valence-electron chi connectivity index (χ0n) is 32.8. The molecule has 47 heavy (non-hydrogen) atoms. The van der Waals surface area contributed by atoms with E-state index in [0.29, 0.717) is 0 Å². The summed E-state index contributed by atoms with van der Waals surface area (Å²) in [6.45, 7) is 37.6. The molecular formula is C40H66O3Si4. The first-order valence-electron chi connectivity index (χ1n) is 17.6. The maximum absolute atomic E-state index is 7.02. The summed E-state index contributed by atoms with van der Waals surface area (Å²) in [5.41, 5.74) is 3.99. The van der Waals surface area contributed by atoms with Gasteiger partial charge in [0.15, 0.2) is 0 Å². The van der Waals surface area contributed by atoms with Gasteiger partial charge in [0.1, 0.15) is 17.2 Å². The maximum Gasteiger partial charge on any atom is 0.250 e. The van der Waals surface area contributed by atoms with E-state index >= 15 is 0 Å². The fraction of sp³-hybridized carbons (Fsp3) is 0.550. The Hall–Kier alpha value is -2.07. The number of rotatable bonds is 12. The van der Waals surface area contributed by atoms with Gasteiger partial charge in [-0.1, -0.05) is 123 Å². The first-order chi connectivity index (χ1) is 21.3. The largest absolute Gasteiger partial charge is 0.543 e. The molecule has 0 aliphatic rings. The summed E-state index contributed by atoms with van der Waals surface area (Å²) in [7, 11) is -8.19. The third-order valence-corrected chi connectivity index (χ3v) is 28.0. The van der Waals surface area contributed by atoms with Crippen LogP contribution < -0.4 is 13.3 Å². The molecule has 0 unspecified atom stereocenters. The highest BCUT2D eigenvalue weighted by atomic mass is 28.4. The van der Waals surface area contributed by atoms with Crippen molar-refractivity contribution in [3.8, 4) is 17.2 Å². The van der Waals surface area contributed by atoms with Crippen LogP contribution in [0, 0.1) is 0 Å². The molecule has 3 aromatic rings. The Morgan fingerprint density at radius 1 is 0.383 bits per heavy atom. The van der Waals surface area contributed by atoms with Crippen LogP contribution in [0.1, 0.15) is 79.0 Å². The number of benzene rings is 3. The summed E-state index contributed by atoms with van der Waals surface area (Å²) in [5.74, 6) is 3.19. The van der Waals surface area contributed by atoms with Crippen molar-refractivity contribution in [1.82, 2.24) is 0 Å². The van der Waals surface area contributed by atoms with Gasteiger partial charge in [0.2, 0.25) is 25.0 Å². The molecule has 7 heteroatoms. The molecule has 0 saturated heterocycles. The molecule has 0 bridgehead atoms. The van der Waals surface area contributed by atoms with Crippen molar-refractivity contribution in [2.75, 3.05) is 0 Å². The van der Waals surface area contributed by atoms with Crippen LogP contribution in [0.5, 0.6) is 17.2 Å². The van der Waals surface area contributed by atoms with E-state index in [1.165, 1.54) is 16.7 Å². The molecule has 0 aliphatic carbocycles. The van der Waals surface area contributed by atoms with Crippen LogP contribution >= 0.6 is 0 Å². The summed E-state index contributed by atoms with van der Waals surface area (Å²) in [4.78, 5) is 0. The SMILES string of the molecule is CC(C)(C)[Si](C)(C)Oc1ccccc1C[Si](C)(Cc1ccccc1O[Si](C)(C)C(C)(C)C)Cc1ccccc1O[Si](C)(C)C(C)(C)C. The van der Waals surface area contributed by atoms with Crippen LogP contribution in [0.4, 0.5) is 0 Å². The third-order valence-electron chi connectivity index (χ3n) is 11.3. The van der Waals surface area contributed by atoms with Gasteiger partial charge in [0, 0.05) is 0 Å². The topological polar surface area (TPSA) is 27.7 Å². The molecule has 3 rings (SSSR count). The summed E-state index contributed by atoms with van der Waals surface area (Å²) in [5, 5.41) is 0.378. The van der Waals surface area contributed by atoms with Crippen LogP contribution in [0.15, 0.2) is 72.8 Å². The van der Waals surface area contributed by atoms with E-state index in [1.807, 2.05) is 0 Å². The average molecular weight is 707 g/mol. The van der Waals surface area contributed by atoms with Gasteiger partial charge < -0.3 is 13.3 Å². The second kappa shape index (κ2) is 14.0. The van der Waals surface area contributed by atoms with Crippen molar-refractivity contribution in [3.05, 3.63) is 89.5 Å². The standard InChI is InChI=1S/C40H66O3Si4/c1-38(2,3)44(10,11)41-35-26-20-17-23-32(35)29-47(16,30-33-24-18-21-27-36(33)42-45(12,13)39(4,5)6)31-34-25-19-22-28-37(34)43-46(14,15)40(7,8)9/h17-28H,29-31H2,1-16H3. The third kappa shape index (κ3) is 9.99. The van der Waals surface area contributed by atoms with Crippen LogP contribution in [0.25, 0.3) is 0 Å². The van der Waals surface area contributed by atoms with Gasteiger partial charge in [-0.25, -0.2) is 0 Å². The lowest BCUT2D eigenvalue weighted by Crippen LogP contribution is -2.46. The molecule has 0 aromatic heterocycles. The Morgan fingerprint density at radius 2 is 0.596 bits per heavy atom. The van der Waals surface area contributed by atoms with Gasteiger partial charge >= 0.3 is 0 Å². The molecule has 3 aromatic carbocycles. The Balaban J connectivity index is 2.14. The number of hydrogen-bond donors (Lipinski definition) is 0. The van der Waals surface area contributed by atoms with E-state index < -0.39 is 33.0 Å². The molecule has 0 N–H and O–H groups in total. The van der Waals surface area contributed by atoms with Crippen molar-refractivity contribution in [1.29, 1.82) is 0 Å². The van der Waals surface area contributed by atoms with Crippen molar-refractivity contribution >= 4 is 33.0 Å². The lowest BCUT2D eigenvalue weighted by atomic mass is 10.2. The van der Waals surface area contributed by atoms with E-state index in [0.717, 1.165) is 35.4 Å². The fourth-order valence-electron chi connectivity index (χ4n) is 5.10. The van der Waals surface area contributed by atoms with Gasteiger partial charge in [-0.05, 0) is 107 Å². The molecule has 0 heterocycles. The summed E-state index contributed by atoms with van der Waals surface area (Å²) >= 11 is 0. The van der Waals surface area contributed by atoms with Crippen molar-refractivity contribution in [3.63, 3.8) is 0 Å². The van der Waals surface area contributed by atoms with Crippen LogP contribution in [0.2, 0.25) is 60.9 Å². The zero-order chi connectivity index (χ0) is 35.7. The van der Waals surface area contributed by atoms with Crippen LogP contribution in [0.3, 0.4) is 0 Å². The second-order valence-corrected chi connectivity index (χ2v) is 37.6. The van der Waals surface area contributed by atoms with Crippen molar-refractivity contribution in [2.45, 2.75) is 141 Å². The van der Waals surface area contributed by atoms with Crippen molar-refractivity contribution < 1.29 is 13.3 Å². The molecule has 0 amide bonds. The van der Waals surface area contributed by atoms with Crippen molar-refractivity contribution in [2.24, 2.45) is 0 Å². The predicted molar refractivity (Wildman–Crippen MR) is 216 cm³/mol. The van der Waals surface area contributed by atoms with Gasteiger partial charge in [-0.15, -0.1) is 0 Å². The normalized spacial score (nSPS) is 13.8. The summed E-state index contributed by atoms with van der Waals surface area (Å²) in [6, 6.07) is 29.5. The summed E-state index contributed by atoms with van der Waals surface area (Å²) < 4.78 is 21.1. The smallest absolute Gasteiger partial charge is 0.250 e.